The number of piperidine rings is 1. The number of benzene rings is 1. The molecule has 2 amide bonds. The molecule has 0 radical (unpaired) electrons. The van der Waals surface area contributed by atoms with E-state index in [1.165, 1.54) is 15.6 Å². The molecule has 0 aliphatic carbocycles. The van der Waals surface area contributed by atoms with Crippen LogP contribution in [-0.4, -0.2) is 44.3 Å². The van der Waals surface area contributed by atoms with Crippen LogP contribution in [-0.2, 0) is 11.3 Å². The minimum atomic E-state index is -0.697. The van der Waals surface area contributed by atoms with Crippen LogP contribution in [0.5, 0.6) is 0 Å². The number of carbonyl (C=O) groups is 2. The molecule has 3 rings (SSSR count). The standard InChI is InChI=1S/C17H19F2N5O2/c1-10-15(17(26)23-7-3-2-4-14(23)16(20)25)21-22-24(10)9-11-5-6-12(18)8-13(11)19/h5-6,8,14H,2-4,7,9H2,1H3,(H2,20,25)/t14-/m0/s1. The van der Waals surface area contributed by atoms with Crippen LogP contribution in [0.3, 0.4) is 0 Å². The van der Waals surface area contributed by atoms with Gasteiger partial charge < -0.3 is 10.6 Å². The fraction of sp³-hybridized carbons (Fsp3) is 0.412. The lowest BCUT2D eigenvalue weighted by molar-refractivity contribution is -0.123. The summed E-state index contributed by atoms with van der Waals surface area (Å²) < 4.78 is 28.2. The van der Waals surface area contributed by atoms with Crippen LogP contribution in [0, 0.1) is 18.6 Å². The van der Waals surface area contributed by atoms with Crippen molar-refractivity contribution in [3.63, 3.8) is 0 Å². The van der Waals surface area contributed by atoms with Gasteiger partial charge in [0.25, 0.3) is 5.91 Å². The molecule has 1 aliphatic rings. The monoisotopic (exact) mass is 363 g/mol. The molecular formula is C17H19F2N5O2. The molecule has 9 heteroatoms. The first-order valence-corrected chi connectivity index (χ1v) is 8.32. The maximum absolute atomic E-state index is 13.8. The van der Waals surface area contributed by atoms with Gasteiger partial charge in [0.05, 0.1) is 12.2 Å². The molecule has 1 saturated heterocycles. The van der Waals surface area contributed by atoms with Gasteiger partial charge in [-0.2, -0.15) is 0 Å². The summed E-state index contributed by atoms with van der Waals surface area (Å²) in [5.41, 5.74) is 6.16. The number of nitrogens with two attached hydrogens (primary N) is 1. The second kappa shape index (κ2) is 7.19. The second-order valence-electron chi connectivity index (χ2n) is 6.33. The molecule has 26 heavy (non-hydrogen) atoms. The van der Waals surface area contributed by atoms with E-state index >= 15 is 0 Å². The Morgan fingerprint density at radius 3 is 2.77 bits per heavy atom. The van der Waals surface area contributed by atoms with Crippen molar-refractivity contribution in [2.45, 2.75) is 38.8 Å². The van der Waals surface area contributed by atoms with E-state index < -0.39 is 29.5 Å². The summed E-state index contributed by atoms with van der Waals surface area (Å²) >= 11 is 0. The van der Waals surface area contributed by atoms with Crippen LogP contribution in [0.4, 0.5) is 8.78 Å². The number of likely N-dealkylation sites (tertiary alicyclic amines) is 1. The van der Waals surface area contributed by atoms with Crippen molar-refractivity contribution in [2.75, 3.05) is 6.54 Å². The predicted octanol–water partition coefficient (Wildman–Crippen LogP) is 1.39. The van der Waals surface area contributed by atoms with Crippen molar-refractivity contribution >= 4 is 11.8 Å². The summed E-state index contributed by atoms with van der Waals surface area (Å²) in [7, 11) is 0. The smallest absolute Gasteiger partial charge is 0.277 e. The topological polar surface area (TPSA) is 94.1 Å². The van der Waals surface area contributed by atoms with Gasteiger partial charge >= 0.3 is 0 Å². The highest BCUT2D eigenvalue weighted by Crippen LogP contribution is 2.20. The highest BCUT2D eigenvalue weighted by atomic mass is 19.1. The van der Waals surface area contributed by atoms with Crippen LogP contribution < -0.4 is 5.73 Å². The van der Waals surface area contributed by atoms with Crippen LogP contribution in [0.15, 0.2) is 18.2 Å². The van der Waals surface area contributed by atoms with Crippen molar-refractivity contribution in [3.05, 3.63) is 46.8 Å². The van der Waals surface area contributed by atoms with E-state index in [2.05, 4.69) is 10.3 Å². The number of hydrogen-bond acceptors (Lipinski definition) is 4. The third kappa shape index (κ3) is 3.42. The molecule has 2 N–H and O–H groups in total. The van der Waals surface area contributed by atoms with Gasteiger partial charge in [0, 0.05) is 18.2 Å². The Hall–Kier alpha value is -2.84. The lowest BCUT2D eigenvalue weighted by atomic mass is 10.0. The Morgan fingerprint density at radius 1 is 1.31 bits per heavy atom. The van der Waals surface area contributed by atoms with Crippen molar-refractivity contribution in [1.82, 2.24) is 19.9 Å². The fourth-order valence-corrected chi connectivity index (χ4v) is 3.13. The van der Waals surface area contributed by atoms with E-state index in [1.54, 1.807) is 6.92 Å². The summed E-state index contributed by atoms with van der Waals surface area (Å²) in [6.45, 7) is 2.07. The molecule has 1 atom stereocenters. The summed E-state index contributed by atoms with van der Waals surface area (Å²) in [6.07, 6.45) is 2.13. The zero-order valence-corrected chi connectivity index (χ0v) is 14.3. The highest BCUT2D eigenvalue weighted by Gasteiger charge is 2.33. The normalized spacial score (nSPS) is 17.3. The minimum absolute atomic E-state index is 0.0114. The number of nitrogens with zero attached hydrogens (tertiary/aromatic N) is 4. The summed E-state index contributed by atoms with van der Waals surface area (Å²) in [4.78, 5) is 25.8. The minimum Gasteiger partial charge on any atom is -0.368 e. The summed E-state index contributed by atoms with van der Waals surface area (Å²) in [6, 6.07) is 2.61. The first kappa shape index (κ1) is 18.0. The van der Waals surface area contributed by atoms with E-state index in [-0.39, 0.29) is 17.8 Å². The zero-order chi connectivity index (χ0) is 18.8. The number of amides is 2. The number of primary amides is 1. The number of rotatable bonds is 4. The average molecular weight is 363 g/mol. The van der Waals surface area contributed by atoms with Gasteiger partial charge in [0.15, 0.2) is 5.69 Å². The summed E-state index contributed by atoms with van der Waals surface area (Å²) in [5.74, 6) is -2.33. The van der Waals surface area contributed by atoms with Crippen molar-refractivity contribution in [3.8, 4) is 0 Å². The quantitative estimate of drug-likeness (QED) is 0.888. The maximum atomic E-state index is 13.8. The molecule has 2 aromatic rings. The van der Waals surface area contributed by atoms with Crippen molar-refractivity contribution < 1.29 is 18.4 Å². The van der Waals surface area contributed by atoms with Crippen LogP contribution in [0.2, 0.25) is 0 Å². The third-order valence-electron chi connectivity index (χ3n) is 4.61. The first-order chi connectivity index (χ1) is 12.4. The van der Waals surface area contributed by atoms with Crippen LogP contribution >= 0.6 is 0 Å². The first-order valence-electron chi connectivity index (χ1n) is 8.32. The van der Waals surface area contributed by atoms with E-state index in [9.17, 15) is 18.4 Å². The fourth-order valence-electron chi connectivity index (χ4n) is 3.13. The molecule has 1 aromatic heterocycles. The van der Waals surface area contributed by atoms with E-state index in [4.69, 9.17) is 5.73 Å². The van der Waals surface area contributed by atoms with Crippen molar-refractivity contribution in [1.29, 1.82) is 0 Å². The van der Waals surface area contributed by atoms with Crippen LogP contribution in [0.25, 0.3) is 0 Å². The number of carbonyl (C=O) groups excluding carboxylic acids is 2. The maximum Gasteiger partial charge on any atom is 0.277 e. The van der Waals surface area contributed by atoms with Gasteiger partial charge in [-0.1, -0.05) is 11.3 Å². The molecule has 0 spiro atoms. The van der Waals surface area contributed by atoms with E-state index in [0.29, 0.717) is 18.7 Å². The lowest BCUT2D eigenvalue weighted by Gasteiger charge is -2.33. The molecule has 0 saturated carbocycles. The Balaban J connectivity index is 1.84. The molecule has 1 aromatic carbocycles. The zero-order valence-electron chi connectivity index (χ0n) is 14.3. The second-order valence-corrected chi connectivity index (χ2v) is 6.33. The molecule has 1 aliphatic heterocycles. The molecule has 2 heterocycles. The van der Waals surface area contributed by atoms with Gasteiger partial charge in [-0.05, 0) is 32.3 Å². The number of halogens is 2. The van der Waals surface area contributed by atoms with Gasteiger partial charge in [-0.3, -0.25) is 9.59 Å². The number of hydrogen-bond donors (Lipinski definition) is 1. The Morgan fingerprint density at radius 2 is 2.08 bits per heavy atom. The van der Waals surface area contributed by atoms with Gasteiger partial charge in [-0.25, -0.2) is 13.5 Å². The molecule has 0 bridgehead atoms. The lowest BCUT2D eigenvalue weighted by Crippen LogP contribution is -2.50. The SMILES string of the molecule is Cc1c(C(=O)N2CCCC[C@H]2C(N)=O)nnn1Cc1ccc(F)cc1F. The van der Waals surface area contributed by atoms with E-state index in [0.717, 1.165) is 25.0 Å². The average Bonchev–Trinajstić information content (AvgIpc) is 2.97. The Labute approximate surface area is 148 Å². The Bertz CT molecular complexity index is 852. The van der Waals surface area contributed by atoms with Gasteiger partial charge in [-0.15, -0.1) is 5.10 Å². The van der Waals surface area contributed by atoms with E-state index in [1.807, 2.05) is 0 Å². The third-order valence-corrected chi connectivity index (χ3v) is 4.61. The molecule has 1 fully saturated rings. The van der Waals surface area contributed by atoms with Crippen molar-refractivity contribution in [2.24, 2.45) is 5.73 Å². The molecule has 0 unspecified atom stereocenters. The summed E-state index contributed by atoms with van der Waals surface area (Å²) in [5, 5.41) is 7.80. The Kier molecular flexibility index (Phi) is 4.97. The predicted molar refractivity (Wildman–Crippen MR) is 88.1 cm³/mol. The highest BCUT2D eigenvalue weighted by molar-refractivity contribution is 5.96. The van der Waals surface area contributed by atoms with Crippen LogP contribution in [0.1, 0.15) is 41.0 Å². The number of aromatic nitrogens is 3. The van der Waals surface area contributed by atoms with Gasteiger partial charge in [0.1, 0.15) is 17.7 Å². The molecule has 138 valence electrons. The van der Waals surface area contributed by atoms with Gasteiger partial charge in [0.2, 0.25) is 5.91 Å². The molecule has 7 nitrogen and oxygen atoms in total. The largest absolute Gasteiger partial charge is 0.368 e. The molecular weight excluding hydrogens is 344 g/mol.